The van der Waals surface area contributed by atoms with Crippen molar-refractivity contribution in [3.05, 3.63) is 52.8 Å². The van der Waals surface area contributed by atoms with Gasteiger partial charge in [-0.2, -0.15) is 5.26 Å². The number of hydrogen-bond donors (Lipinski definition) is 1. The molecular formula is C12H9ClN4. The van der Waals surface area contributed by atoms with Gasteiger partial charge in [-0.25, -0.2) is 9.97 Å². The maximum Gasteiger partial charge on any atom is 0.222 e. The van der Waals surface area contributed by atoms with Crippen LogP contribution in [0.1, 0.15) is 11.1 Å². The highest BCUT2D eigenvalue weighted by molar-refractivity contribution is 6.30. The first-order valence-electron chi connectivity index (χ1n) is 4.98. The Balaban J connectivity index is 2.02. The van der Waals surface area contributed by atoms with Gasteiger partial charge >= 0.3 is 0 Å². The summed E-state index contributed by atoms with van der Waals surface area (Å²) in [7, 11) is 0. The van der Waals surface area contributed by atoms with E-state index in [2.05, 4.69) is 21.4 Å². The van der Waals surface area contributed by atoms with Crippen molar-refractivity contribution in [2.45, 2.75) is 6.54 Å². The number of nitrogens with one attached hydrogen (secondary N) is 1. The first-order chi connectivity index (χ1) is 8.28. The molecule has 0 aliphatic carbocycles. The Hall–Kier alpha value is -2.12. The van der Waals surface area contributed by atoms with Crippen LogP contribution in [0, 0.1) is 11.3 Å². The van der Waals surface area contributed by atoms with E-state index in [1.165, 1.54) is 12.4 Å². The molecule has 0 aliphatic rings. The van der Waals surface area contributed by atoms with E-state index in [1.54, 1.807) is 6.07 Å². The van der Waals surface area contributed by atoms with Crippen molar-refractivity contribution in [1.29, 1.82) is 5.26 Å². The topological polar surface area (TPSA) is 61.6 Å². The molecule has 4 nitrogen and oxygen atoms in total. The van der Waals surface area contributed by atoms with E-state index < -0.39 is 0 Å². The van der Waals surface area contributed by atoms with Crippen LogP contribution in [-0.2, 0) is 6.54 Å². The molecule has 17 heavy (non-hydrogen) atoms. The molecule has 0 unspecified atom stereocenters. The molecule has 1 heterocycles. The fraction of sp³-hybridized carbons (Fsp3) is 0.0833. The quantitative estimate of drug-likeness (QED) is 0.902. The van der Waals surface area contributed by atoms with E-state index in [0.29, 0.717) is 23.1 Å². The number of anilines is 1. The van der Waals surface area contributed by atoms with Gasteiger partial charge in [-0.05, 0) is 17.7 Å². The SMILES string of the molecule is N#Cc1cccc(CNc2ncc(Cl)cn2)c1. The van der Waals surface area contributed by atoms with Crippen molar-refractivity contribution in [2.24, 2.45) is 0 Å². The van der Waals surface area contributed by atoms with Crippen molar-refractivity contribution in [2.75, 3.05) is 5.32 Å². The molecule has 0 amide bonds. The zero-order valence-corrected chi connectivity index (χ0v) is 9.65. The van der Waals surface area contributed by atoms with E-state index in [4.69, 9.17) is 16.9 Å². The predicted molar refractivity (Wildman–Crippen MR) is 65.5 cm³/mol. The molecule has 0 fully saturated rings. The average Bonchev–Trinajstić information content (AvgIpc) is 2.38. The summed E-state index contributed by atoms with van der Waals surface area (Å²) in [5.41, 5.74) is 1.64. The summed E-state index contributed by atoms with van der Waals surface area (Å²) in [5, 5.41) is 12.3. The number of nitrogens with zero attached hydrogens (tertiary/aromatic N) is 3. The second kappa shape index (κ2) is 5.28. The third-order valence-electron chi connectivity index (χ3n) is 2.13. The predicted octanol–water partition coefficient (Wildman–Crippen LogP) is 2.61. The molecule has 1 N–H and O–H groups in total. The molecule has 1 aromatic heterocycles. The minimum absolute atomic E-state index is 0.502. The zero-order valence-electron chi connectivity index (χ0n) is 8.89. The second-order valence-corrected chi connectivity index (χ2v) is 3.83. The lowest BCUT2D eigenvalue weighted by atomic mass is 10.1. The molecule has 5 heteroatoms. The van der Waals surface area contributed by atoms with Crippen molar-refractivity contribution in [3.8, 4) is 6.07 Å². The zero-order chi connectivity index (χ0) is 12.1. The summed E-state index contributed by atoms with van der Waals surface area (Å²) < 4.78 is 0. The van der Waals surface area contributed by atoms with Crippen molar-refractivity contribution >= 4 is 17.5 Å². The van der Waals surface area contributed by atoms with Gasteiger partial charge in [-0.15, -0.1) is 0 Å². The second-order valence-electron chi connectivity index (χ2n) is 3.39. The van der Waals surface area contributed by atoms with Gasteiger partial charge in [0.15, 0.2) is 0 Å². The third kappa shape index (κ3) is 3.16. The normalized spacial score (nSPS) is 9.65. The molecule has 2 rings (SSSR count). The molecule has 84 valence electrons. The fourth-order valence-electron chi connectivity index (χ4n) is 1.34. The summed E-state index contributed by atoms with van der Waals surface area (Å²) in [6.45, 7) is 0.567. The number of aromatic nitrogens is 2. The van der Waals surface area contributed by atoms with Crippen LogP contribution in [0.2, 0.25) is 5.02 Å². The van der Waals surface area contributed by atoms with Crippen LogP contribution >= 0.6 is 11.6 Å². The van der Waals surface area contributed by atoms with E-state index in [0.717, 1.165) is 5.56 Å². The largest absolute Gasteiger partial charge is 0.350 e. The highest BCUT2D eigenvalue weighted by Gasteiger charge is 1.98. The molecule has 0 saturated carbocycles. The van der Waals surface area contributed by atoms with E-state index in [9.17, 15) is 0 Å². The molecule has 2 aromatic rings. The van der Waals surface area contributed by atoms with Crippen LogP contribution in [0.4, 0.5) is 5.95 Å². The van der Waals surface area contributed by atoms with E-state index in [-0.39, 0.29) is 0 Å². The Morgan fingerprint density at radius 3 is 2.76 bits per heavy atom. The van der Waals surface area contributed by atoms with Crippen LogP contribution < -0.4 is 5.32 Å². The molecule has 0 saturated heterocycles. The molecule has 0 bridgehead atoms. The summed E-state index contributed by atoms with van der Waals surface area (Å²) >= 11 is 5.68. The van der Waals surface area contributed by atoms with Crippen LogP contribution in [0.3, 0.4) is 0 Å². The maximum absolute atomic E-state index is 8.77. The van der Waals surface area contributed by atoms with Crippen molar-refractivity contribution in [1.82, 2.24) is 9.97 Å². The summed E-state index contributed by atoms with van der Waals surface area (Å²) in [6.07, 6.45) is 3.06. The Labute approximate surface area is 104 Å². The summed E-state index contributed by atoms with van der Waals surface area (Å²) in [6, 6.07) is 9.46. The molecule has 1 aromatic carbocycles. The van der Waals surface area contributed by atoms with Gasteiger partial charge in [0, 0.05) is 6.54 Å². The van der Waals surface area contributed by atoms with Crippen LogP contribution in [0.15, 0.2) is 36.7 Å². The standard InChI is InChI=1S/C12H9ClN4/c13-11-7-16-12(17-8-11)15-6-10-3-1-2-9(4-10)5-14/h1-4,7-8H,6H2,(H,15,16,17). The first kappa shape index (κ1) is 11.4. The van der Waals surface area contributed by atoms with Gasteiger partial charge in [0.1, 0.15) is 0 Å². The Morgan fingerprint density at radius 2 is 2.06 bits per heavy atom. The van der Waals surface area contributed by atoms with Gasteiger partial charge in [-0.1, -0.05) is 23.7 Å². The lowest BCUT2D eigenvalue weighted by Gasteiger charge is -2.04. The van der Waals surface area contributed by atoms with E-state index in [1.807, 2.05) is 18.2 Å². The van der Waals surface area contributed by atoms with E-state index >= 15 is 0 Å². The monoisotopic (exact) mass is 244 g/mol. The maximum atomic E-state index is 8.77. The first-order valence-corrected chi connectivity index (χ1v) is 5.36. The summed E-state index contributed by atoms with van der Waals surface area (Å²) in [4.78, 5) is 8.03. The van der Waals surface area contributed by atoms with Gasteiger partial charge in [-0.3, -0.25) is 0 Å². The van der Waals surface area contributed by atoms with Gasteiger partial charge in [0.05, 0.1) is 29.0 Å². The highest BCUT2D eigenvalue weighted by Crippen LogP contribution is 2.08. The van der Waals surface area contributed by atoms with Crippen LogP contribution in [-0.4, -0.2) is 9.97 Å². The smallest absolute Gasteiger partial charge is 0.222 e. The molecule has 0 spiro atoms. The Bertz CT molecular complexity index is 545. The number of halogens is 1. The van der Waals surface area contributed by atoms with Crippen molar-refractivity contribution in [3.63, 3.8) is 0 Å². The minimum atomic E-state index is 0.502. The number of nitriles is 1. The van der Waals surface area contributed by atoms with Gasteiger partial charge in [0.25, 0.3) is 0 Å². The van der Waals surface area contributed by atoms with Gasteiger partial charge < -0.3 is 5.32 Å². The number of rotatable bonds is 3. The lowest BCUT2D eigenvalue weighted by Crippen LogP contribution is -2.03. The van der Waals surface area contributed by atoms with Crippen LogP contribution in [0.25, 0.3) is 0 Å². The van der Waals surface area contributed by atoms with Gasteiger partial charge in [0.2, 0.25) is 5.95 Å². The fourth-order valence-corrected chi connectivity index (χ4v) is 1.43. The molecule has 0 radical (unpaired) electrons. The Kier molecular flexibility index (Phi) is 3.53. The molecule has 0 aliphatic heterocycles. The van der Waals surface area contributed by atoms with Crippen LogP contribution in [0.5, 0.6) is 0 Å². The average molecular weight is 245 g/mol. The highest BCUT2D eigenvalue weighted by atomic mass is 35.5. The molecular weight excluding hydrogens is 236 g/mol. The lowest BCUT2D eigenvalue weighted by molar-refractivity contribution is 1.05. The molecule has 0 atom stereocenters. The number of benzene rings is 1. The van der Waals surface area contributed by atoms with Crippen molar-refractivity contribution < 1.29 is 0 Å². The number of hydrogen-bond acceptors (Lipinski definition) is 4. The third-order valence-corrected chi connectivity index (χ3v) is 2.32. The Morgan fingerprint density at radius 1 is 1.29 bits per heavy atom. The minimum Gasteiger partial charge on any atom is -0.350 e. The summed E-state index contributed by atoms with van der Waals surface area (Å²) in [5.74, 6) is 0.511.